The molecule has 0 amide bonds. The van der Waals surface area contributed by atoms with E-state index in [1.54, 1.807) is 0 Å². The Labute approximate surface area is 360 Å². The molecule has 5 nitrogen and oxygen atoms in total. The van der Waals surface area contributed by atoms with Crippen molar-refractivity contribution >= 4 is 21.8 Å². The highest BCUT2D eigenvalue weighted by molar-refractivity contribution is 6.11. The fraction of sp³-hybridized carbons (Fsp3) is 0.0175. The van der Waals surface area contributed by atoms with Gasteiger partial charge in [-0.15, -0.1) is 0 Å². The summed E-state index contributed by atoms with van der Waals surface area (Å²) >= 11 is 0. The van der Waals surface area contributed by atoms with E-state index >= 15 is 0 Å². The van der Waals surface area contributed by atoms with Crippen LogP contribution in [-0.2, 0) is 0 Å². The molecule has 0 atom stereocenters. The fourth-order valence-corrected chi connectivity index (χ4v) is 8.38. The van der Waals surface area contributed by atoms with Gasteiger partial charge in [-0.1, -0.05) is 181 Å². The summed E-state index contributed by atoms with van der Waals surface area (Å²) in [7, 11) is 0. The number of benzene rings is 8. The van der Waals surface area contributed by atoms with Crippen LogP contribution in [0.25, 0.3) is 106 Å². The standard InChI is InChI=1S/C57H39N5/c1-38-26-28-39(29-27-38)44-30-32-54-47(34-44)46-24-14-15-25-53(46)62(54)55-33-31-45(51-36-49(40-16-6-2-7-17-40)58-56(60-51)42-20-10-4-11-21-42)35-48(55)52-37-50(41-18-8-3-9-19-41)59-57(61-52)43-22-12-5-13-23-43/h2-37H,1H3. The molecule has 0 bridgehead atoms. The van der Waals surface area contributed by atoms with Crippen LogP contribution >= 0.6 is 0 Å². The smallest absolute Gasteiger partial charge is 0.160 e. The Bertz CT molecular complexity index is 3260. The summed E-state index contributed by atoms with van der Waals surface area (Å²) in [5.41, 5.74) is 16.0. The Hall–Kier alpha value is -8.28. The average molecular weight is 794 g/mol. The van der Waals surface area contributed by atoms with Gasteiger partial charge in [0.05, 0.1) is 39.5 Å². The quantitative estimate of drug-likeness (QED) is 0.154. The Morgan fingerprint density at radius 3 is 1.35 bits per heavy atom. The third kappa shape index (κ3) is 6.91. The van der Waals surface area contributed by atoms with Crippen LogP contribution in [0.15, 0.2) is 218 Å². The van der Waals surface area contributed by atoms with Gasteiger partial charge in [0, 0.05) is 44.2 Å². The fourth-order valence-electron chi connectivity index (χ4n) is 8.38. The maximum atomic E-state index is 5.40. The maximum absolute atomic E-state index is 5.40. The van der Waals surface area contributed by atoms with Crippen LogP contribution in [0.3, 0.4) is 0 Å². The molecule has 3 aromatic heterocycles. The number of aryl methyl sites for hydroxylation is 1. The number of hydrogen-bond donors (Lipinski definition) is 0. The molecule has 62 heavy (non-hydrogen) atoms. The van der Waals surface area contributed by atoms with Gasteiger partial charge in [0.2, 0.25) is 0 Å². The lowest BCUT2D eigenvalue weighted by atomic mass is 9.99. The van der Waals surface area contributed by atoms with Gasteiger partial charge in [-0.05, 0) is 60.5 Å². The van der Waals surface area contributed by atoms with Gasteiger partial charge in [0.25, 0.3) is 0 Å². The monoisotopic (exact) mass is 793 g/mol. The van der Waals surface area contributed by atoms with E-state index < -0.39 is 0 Å². The molecule has 0 saturated carbocycles. The van der Waals surface area contributed by atoms with E-state index in [-0.39, 0.29) is 0 Å². The zero-order chi connectivity index (χ0) is 41.4. The number of nitrogens with zero attached hydrogens (tertiary/aromatic N) is 5. The molecule has 0 unspecified atom stereocenters. The average Bonchev–Trinajstić information content (AvgIpc) is 3.68. The number of fused-ring (bicyclic) bond motifs is 3. The van der Waals surface area contributed by atoms with Crippen LogP contribution in [0.4, 0.5) is 0 Å². The minimum absolute atomic E-state index is 0.656. The van der Waals surface area contributed by atoms with Crippen molar-refractivity contribution < 1.29 is 0 Å². The van der Waals surface area contributed by atoms with E-state index in [9.17, 15) is 0 Å². The van der Waals surface area contributed by atoms with Gasteiger partial charge in [0.15, 0.2) is 11.6 Å². The lowest BCUT2D eigenvalue weighted by Gasteiger charge is -2.17. The minimum Gasteiger partial charge on any atom is -0.309 e. The summed E-state index contributed by atoms with van der Waals surface area (Å²) in [5.74, 6) is 1.32. The highest BCUT2D eigenvalue weighted by Crippen LogP contribution is 2.40. The molecule has 0 saturated heterocycles. The first-order valence-corrected chi connectivity index (χ1v) is 20.9. The Morgan fingerprint density at radius 2 is 0.758 bits per heavy atom. The van der Waals surface area contributed by atoms with E-state index in [0.29, 0.717) is 11.6 Å². The molecular weight excluding hydrogens is 755 g/mol. The molecular formula is C57H39N5. The number of rotatable bonds is 8. The third-order valence-electron chi connectivity index (χ3n) is 11.5. The van der Waals surface area contributed by atoms with Crippen molar-refractivity contribution in [1.82, 2.24) is 24.5 Å². The first-order valence-electron chi connectivity index (χ1n) is 20.9. The van der Waals surface area contributed by atoms with Crippen molar-refractivity contribution in [3.05, 3.63) is 224 Å². The molecule has 0 spiro atoms. The molecule has 11 rings (SSSR count). The van der Waals surface area contributed by atoms with Gasteiger partial charge in [-0.3, -0.25) is 0 Å². The lowest BCUT2D eigenvalue weighted by Crippen LogP contribution is -2.02. The summed E-state index contributed by atoms with van der Waals surface area (Å²) in [5, 5.41) is 2.36. The van der Waals surface area contributed by atoms with Crippen molar-refractivity contribution in [2.45, 2.75) is 6.92 Å². The normalized spacial score (nSPS) is 11.3. The molecule has 0 radical (unpaired) electrons. The van der Waals surface area contributed by atoms with Crippen molar-refractivity contribution in [2.75, 3.05) is 0 Å². The van der Waals surface area contributed by atoms with E-state index in [4.69, 9.17) is 19.9 Å². The maximum Gasteiger partial charge on any atom is 0.160 e. The number of hydrogen-bond acceptors (Lipinski definition) is 4. The van der Waals surface area contributed by atoms with Crippen LogP contribution in [0.5, 0.6) is 0 Å². The second-order valence-corrected chi connectivity index (χ2v) is 15.6. The molecule has 0 N–H and O–H groups in total. The second kappa shape index (κ2) is 15.7. The highest BCUT2D eigenvalue weighted by Gasteiger charge is 2.21. The van der Waals surface area contributed by atoms with Crippen LogP contribution in [0.1, 0.15) is 5.56 Å². The van der Waals surface area contributed by atoms with E-state index in [0.717, 1.165) is 72.9 Å². The van der Waals surface area contributed by atoms with Gasteiger partial charge in [-0.25, -0.2) is 19.9 Å². The van der Waals surface area contributed by atoms with Crippen molar-refractivity contribution in [2.24, 2.45) is 0 Å². The number of para-hydroxylation sites is 1. The Morgan fingerprint density at radius 1 is 0.306 bits per heavy atom. The predicted molar refractivity (Wildman–Crippen MR) is 255 cm³/mol. The summed E-state index contributed by atoms with van der Waals surface area (Å²) in [6.07, 6.45) is 0. The second-order valence-electron chi connectivity index (χ2n) is 15.6. The molecule has 5 heteroatoms. The van der Waals surface area contributed by atoms with Gasteiger partial charge in [0.1, 0.15) is 0 Å². The SMILES string of the molecule is Cc1ccc(-c2ccc3c(c2)c2ccccc2n3-c2ccc(-c3cc(-c4ccccc4)nc(-c4ccccc4)n3)cc2-c2cc(-c3ccccc3)nc(-c3ccccc3)n2)cc1. The third-order valence-corrected chi connectivity index (χ3v) is 11.5. The zero-order valence-electron chi connectivity index (χ0n) is 34.0. The van der Waals surface area contributed by atoms with Crippen LogP contribution in [0, 0.1) is 6.92 Å². The van der Waals surface area contributed by atoms with Gasteiger partial charge < -0.3 is 4.57 Å². The zero-order valence-corrected chi connectivity index (χ0v) is 34.0. The summed E-state index contributed by atoms with van der Waals surface area (Å²) in [6.45, 7) is 2.13. The van der Waals surface area contributed by atoms with Gasteiger partial charge in [-0.2, -0.15) is 0 Å². The lowest BCUT2D eigenvalue weighted by molar-refractivity contribution is 1.15. The molecule has 8 aromatic carbocycles. The Balaban J connectivity index is 1.19. The molecule has 3 heterocycles. The van der Waals surface area contributed by atoms with E-state index in [2.05, 4.69) is 169 Å². The summed E-state index contributed by atoms with van der Waals surface area (Å²) in [4.78, 5) is 20.9. The van der Waals surface area contributed by atoms with E-state index in [1.165, 1.54) is 27.5 Å². The first-order chi connectivity index (χ1) is 30.6. The van der Waals surface area contributed by atoms with Crippen LogP contribution in [0.2, 0.25) is 0 Å². The minimum atomic E-state index is 0.656. The molecule has 0 aliphatic carbocycles. The van der Waals surface area contributed by atoms with Crippen molar-refractivity contribution in [3.63, 3.8) is 0 Å². The predicted octanol–water partition coefficient (Wildman–Crippen LogP) is 14.3. The Kier molecular flexibility index (Phi) is 9.32. The van der Waals surface area contributed by atoms with Crippen molar-refractivity contribution in [3.8, 4) is 84.6 Å². The first kappa shape index (κ1) is 36.8. The van der Waals surface area contributed by atoms with E-state index in [1.807, 2.05) is 60.7 Å². The largest absolute Gasteiger partial charge is 0.309 e. The highest BCUT2D eigenvalue weighted by atomic mass is 15.0. The molecule has 0 aliphatic heterocycles. The summed E-state index contributed by atoms with van der Waals surface area (Å²) in [6, 6.07) is 76.2. The summed E-state index contributed by atoms with van der Waals surface area (Å²) < 4.78 is 2.39. The van der Waals surface area contributed by atoms with Gasteiger partial charge >= 0.3 is 0 Å². The number of aromatic nitrogens is 5. The molecule has 0 fully saturated rings. The molecule has 11 aromatic rings. The molecule has 0 aliphatic rings. The van der Waals surface area contributed by atoms with Crippen LogP contribution in [-0.4, -0.2) is 24.5 Å². The van der Waals surface area contributed by atoms with Crippen molar-refractivity contribution in [1.29, 1.82) is 0 Å². The van der Waals surface area contributed by atoms with Crippen LogP contribution < -0.4 is 0 Å². The topological polar surface area (TPSA) is 56.5 Å². The molecule has 292 valence electrons.